The summed E-state index contributed by atoms with van der Waals surface area (Å²) in [6, 6.07) is 15.8. The number of para-hydroxylation sites is 2. The monoisotopic (exact) mass is 335 g/mol. The smallest absolute Gasteiger partial charge is 0.227 e. The molecule has 0 radical (unpaired) electrons. The molecule has 5 heteroatoms. The topological polar surface area (TPSA) is 41.3 Å². The minimum Gasteiger partial charge on any atom is -0.436 e. The van der Waals surface area contributed by atoms with E-state index < -0.39 is 0 Å². The molecule has 0 fully saturated rings. The van der Waals surface area contributed by atoms with Gasteiger partial charge < -0.3 is 9.73 Å². The summed E-state index contributed by atoms with van der Waals surface area (Å²) in [5.74, 6) is 0.624. The SMILES string of the molecule is CC1(C)C=CN(c2ccc(-c3nc4ccccc4o3)cc2)C(=S)N1. The fourth-order valence-corrected chi connectivity index (χ4v) is 3.10. The van der Waals surface area contributed by atoms with E-state index in [2.05, 4.69) is 30.2 Å². The van der Waals surface area contributed by atoms with Gasteiger partial charge in [0.15, 0.2) is 10.7 Å². The predicted octanol–water partition coefficient (Wildman–Crippen LogP) is 4.48. The summed E-state index contributed by atoms with van der Waals surface area (Å²) in [6.07, 6.45) is 4.10. The number of thiocarbonyl (C=S) groups is 1. The first-order valence-corrected chi connectivity index (χ1v) is 8.19. The van der Waals surface area contributed by atoms with E-state index in [9.17, 15) is 0 Å². The van der Waals surface area contributed by atoms with Gasteiger partial charge in [0.25, 0.3) is 0 Å². The van der Waals surface area contributed by atoms with Gasteiger partial charge in [-0.2, -0.15) is 0 Å². The highest BCUT2D eigenvalue weighted by Gasteiger charge is 2.23. The molecule has 0 atom stereocenters. The lowest BCUT2D eigenvalue weighted by Gasteiger charge is -2.34. The molecule has 120 valence electrons. The Morgan fingerprint density at radius 2 is 1.83 bits per heavy atom. The molecular formula is C19H17N3OS. The Kier molecular flexibility index (Phi) is 3.39. The molecule has 1 aliphatic heterocycles. The average Bonchev–Trinajstić information content (AvgIpc) is 2.98. The van der Waals surface area contributed by atoms with Gasteiger partial charge in [-0.3, -0.25) is 4.90 Å². The summed E-state index contributed by atoms with van der Waals surface area (Å²) in [5.41, 5.74) is 3.48. The Morgan fingerprint density at radius 3 is 2.54 bits per heavy atom. The maximum atomic E-state index is 5.81. The highest BCUT2D eigenvalue weighted by molar-refractivity contribution is 7.80. The highest BCUT2D eigenvalue weighted by atomic mass is 32.1. The largest absolute Gasteiger partial charge is 0.436 e. The second-order valence-electron chi connectivity index (χ2n) is 6.37. The molecule has 1 aromatic heterocycles. The zero-order valence-corrected chi connectivity index (χ0v) is 14.3. The molecule has 0 saturated heterocycles. The van der Waals surface area contributed by atoms with Gasteiger partial charge in [-0.1, -0.05) is 12.1 Å². The number of hydrogen-bond donors (Lipinski definition) is 1. The summed E-state index contributed by atoms with van der Waals surface area (Å²) in [6.45, 7) is 4.17. The van der Waals surface area contributed by atoms with Crippen LogP contribution in [0.3, 0.4) is 0 Å². The second kappa shape index (κ2) is 5.46. The third-order valence-electron chi connectivity index (χ3n) is 3.97. The number of aromatic nitrogens is 1. The lowest BCUT2D eigenvalue weighted by molar-refractivity contribution is 0.566. The summed E-state index contributed by atoms with van der Waals surface area (Å²) in [7, 11) is 0. The Labute approximate surface area is 145 Å². The predicted molar refractivity (Wildman–Crippen MR) is 101 cm³/mol. The van der Waals surface area contributed by atoms with Crippen molar-refractivity contribution in [3.8, 4) is 11.5 Å². The van der Waals surface area contributed by atoms with E-state index in [-0.39, 0.29) is 5.54 Å². The van der Waals surface area contributed by atoms with Crippen LogP contribution in [0.4, 0.5) is 5.69 Å². The first kappa shape index (κ1) is 14.9. The van der Waals surface area contributed by atoms with E-state index in [0.717, 1.165) is 22.4 Å². The lowest BCUT2D eigenvalue weighted by Crippen LogP contribution is -2.51. The Morgan fingerprint density at radius 1 is 1.08 bits per heavy atom. The lowest BCUT2D eigenvalue weighted by atomic mass is 10.0. The third kappa shape index (κ3) is 2.67. The molecule has 4 rings (SSSR count). The van der Waals surface area contributed by atoms with Crippen LogP contribution in [0.15, 0.2) is 65.2 Å². The highest BCUT2D eigenvalue weighted by Crippen LogP contribution is 2.27. The number of oxazole rings is 1. The summed E-state index contributed by atoms with van der Waals surface area (Å²) >= 11 is 5.46. The van der Waals surface area contributed by atoms with E-state index in [1.807, 2.05) is 59.6 Å². The summed E-state index contributed by atoms with van der Waals surface area (Å²) in [5, 5.41) is 4.00. The average molecular weight is 335 g/mol. The number of hydrogen-bond acceptors (Lipinski definition) is 3. The summed E-state index contributed by atoms with van der Waals surface area (Å²) in [4.78, 5) is 6.48. The Hall–Kier alpha value is -2.66. The molecule has 0 unspecified atom stereocenters. The molecule has 0 bridgehead atoms. The zero-order valence-electron chi connectivity index (χ0n) is 13.5. The van der Waals surface area contributed by atoms with Gasteiger partial charge >= 0.3 is 0 Å². The maximum absolute atomic E-state index is 5.81. The molecule has 2 heterocycles. The van der Waals surface area contributed by atoms with Crippen LogP contribution in [-0.2, 0) is 0 Å². The number of benzene rings is 2. The van der Waals surface area contributed by atoms with Crippen LogP contribution in [0.1, 0.15) is 13.8 Å². The number of nitrogens with zero attached hydrogens (tertiary/aromatic N) is 2. The van der Waals surface area contributed by atoms with E-state index in [0.29, 0.717) is 11.0 Å². The van der Waals surface area contributed by atoms with E-state index in [4.69, 9.17) is 16.6 Å². The molecule has 0 saturated carbocycles. The van der Waals surface area contributed by atoms with Crippen molar-refractivity contribution in [3.05, 3.63) is 60.8 Å². The van der Waals surface area contributed by atoms with Gasteiger partial charge in [0, 0.05) is 17.5 Å². The second-order valence-corrected chi connectivity index (χ2v) is 6.76. The number of fused-ring (bicyclic) bond motifs is 1. The molecule has 4 nitrogen and oxygen atoms in total. The van der Waals surface area contributed by atoms with Crippen LogP contribution in [0, 0.1) is 0 Å². The molecule has 0 amide bonds. The van der Waals surface area contributed by atoms with Gasteiger partial charge in [-0.25, -0.2) is 4.98 Å². The summed E-state index contributed by atoms with van der Waals surface area (Å²) < 4.78 is 5.81. The maximum Gasteiger partial charge on any atom is 0.227 e. The van der Waals surface area contributed by atoms with Crippen molar-refractivity contribution in [1.82, 2.24) is 10.3 Å². The number of nitrogens with one attached hydrogen (secondary N) is 1. The van der Waals surface area contributed by atoms with Crippen molar-refractivity contribution in [2.45, 2.75) is 19.4 Å². The van der Waals surface area contributed by atoms with Crippen LogP contribution < -0.4 is 10.2 Å². The number of anilines is 1. The first-order chi connectivity index (χ1) is 11.5. The van der Waals surface area contributed by atoms with Crippen molar-refractivity contribution >= 4 is 34.1 Å². The molecular weight excluding hydrogens is 318 g/mol. The van der Waals surface area contributed by atoms with Crippen LogP contribution in [0.2, 0.25) is 0 Å². The zero-order chi connectivity index (χ0) is 16.7. The van der Waals surface area contributed by atoms with Crippen molar-refractivity contribution < 1.29 is 4.42 Å². The van der Waals surface area contributed by atoms with Crippen LogP contribution >= 0.6 is 12.2 Å². The van der Waals surface area contributed by atoms with Crippen LogP contribution in [-0.4, -0.2) is 15.6 Å². The molecule has 24 heavy (non-hydrogen) atoms. The van der Waals surface area contributed by atoms with Crippen molar-refractivity contribution in [2.24, 2.45) is 0 Å². The van der Waals surface area contributed by atoms with Crippen molar-refractivity contribution in [2.75, 3.05) is 4.90 Å². The molecule has 3 aromatic rings. The fraction of sp³-hybridized carbons (Fsp3) is 0.158. The van der Waals surface area contributed by atoms with Gasteiger partial charge in [0.05, 0.1) is 5.54 Å². The molecule has 1 aliphatic rings. The van der Waals surface area contributed by atoms with Crippen LogP contribution in [0.5, 0.6) is 0 Å². The van der Waals surface area contributed by atoms with Crippen molar-refractivity contribution in [1.29, 1.82) is 0 Å². The first-order valence-electron chi connectivity index (χ1n) is 7.79. The van der Waals surface area contributed by atoms with Crippen LogP contribution in [0.25, 0.3) is 22.6 Å². The number of rotatable bonds is 2. The van der Waals surface area contributed by atoms with E-state index in [1.54, 1.807) is 0 Å². The minimum absolute atomic E-state index is 0.119. The Balaban J connectivity index is 1.64. The van der Waals surface area contributed by atoms with Crippen molar-refractivity contribution in [3.63, 3.8) is 0 Å². The molecule has 0 spiro atoms. The quantitative estimate of drug-likeness (QED) is 0.699. The molecule has 0 aliphatic carbocycles. The van der Waals surface area contributed by atoms with Gasteiger partial charge in [-0.05, 0) is 68.5 Å². The van der Waals surface area contributed by atoms with E-state index >= 15 is 0 Å². The van der Waals surface area contributed by atoms with Gasteiger partial charge in [-0.15, -0.1) is 0 Å². The molecule has 2 aromatic carbocycles. The molecule has 1 N–H and O–H groups in total. The standard InChI is InChI=1S/C19H17N3OS/c1-19(2)11-12-22(18(24)21-19)14-9-7-13(8-10-14)17-20-15-5-3-4-6-16(15)23-17/h3-12H,1-2H3,(H,21,24). The van der Waals surface area contributed by atoms with Gasteiger partial charge in [0.2, 0.25) is 5.89 Å². The Bertz CT molecular complexity index is 908. The minimum atomic E-state index is -0.119. The van der Waals surface area contributed by atoms with Gasteiger partial charge in [0.1, 0.15) is 5.52 Å². The fourth-order valence-electron chi connectivity index (χ4n) is 2.67. The van der Waals surface area contributed by atoms with E-state index in [1.165, 1.54) is 0 Å². The normalized spacial score (nSPS) is 16.4. The third-order valence-corrected chi connectivity index (χ3v) is 4.27.